The van der Waals surface area contributed by atoms with Crippen molar-refractivity contribution in [2.24, 2.45) is 0 Å². The van der Waals surface area contributed by atoms with Gasteiger partial charge in [0.25, 0.3) is 0 Å². The van der Waals surface area contributed by atoms with Gasteiger partial charge in [0.15, 0.2) is 0 Å². The number of halogens is 2. The van der Waals surface area contributed by atoms with Crippen molar-refractivity contribution in [1.29, 1.82) is 0 Å². The first kappa shape index (κ1) is 16.2. The lowest BCUT2D eigenvalue weighted by Crippen LogP contribution is -2.06. The van der Waals surface area contributed by atoms with E-state index in [0.717, 1.165) is 39.9 Å². The monoisotopic (exact) mass is 366 g/mol. The molecule has 0 saturated heterocycles. The van der Waals surface area contributed by atoms with E-state index in [1.54, 1.807) is 0 Å². The summed E-state index contributed by atoms with van der Waals surface area (Å²) >= 11 is 12.2. The molecule has 25 heavy (non-hydrogen) atoms. The van der Waals surface area contributed by atoms with Crippen molar-refractivity contribution < 1.29 is 0 Å². The first-order valence-electron chi connectivity index (χ1n) is 8.12. The van der Waals surface area contributed by atoms with Crippen molar-refractivity contribution in [1.82, 2.24) is 9.55 Å². The maximum atomic E-state index is 6.22. The Bertz CT molecular complexity index is 1010. The number of imidazole rings is 1. The molecule has 0 aliphatic carbocycles. The van der Waals surface area contributed by atoms with Crippen LogP contribution in [0.15, 0.2) is 72.8 Å². The second kappa shape index (κ2) is 6.91. The Morgan fingerprint density at radius 3 is 2.24 bits per heavy atom. The highest BCUT2D eigenvalue weighted by Crippen LogP contribution is 2.24. The summed E-state index contributed by atoms with van der Waals surface area (Å²) in [5.74, 6) is 1.02. The van der Waals surface area contributed by atoms with Crippen LogP contribution >= 0.6 is 23.2 Å². The van der Waals surface area contributed by atoms with E-state index in [9.17, 15) is 0 Å². The minimum atomic E-state index is 0.722. The van der Waals surface area contributed by atoms with Crippen molar-refractivity contribution in [3.63, 3.8) is 0 Å². The molecule has 0 bridgehead atoms. The van der Waals surface area contributed by atoms with E-state index in [1.807, 2.05) is 48.5 Å². The van der Waals surface area contributed by atoms with E-state index in [0.29, 0.717) is 0 Å². The highest BCUT2D eigenvalue weighted by Gasteiger charge is 2.12. The summed E-state index contributed by atoms with van der Waals surface area (Å²) in [4.78, 5) is 4.84. The molecule has 4 aromatic rings. The van der Waals surface area contributed by atoms with E-state index >= 15 is 0 Å². The number of fused-ring (bicyclic) bond motifs is 1. The molecule has 0 radical (unpaired) electrons. The zero-order valence-corrected chi connectivity index (χ0v) is 15.0. The van der Waals surface area contributed by atoms with Crippen molar-refractivity contribution >= 4 is 34.2 Å². The standard InChI is InChI=1S/C21H16Cl2N2/c22-17-8-6-15(7-9-17)12-21-24-19-11-10-18(23)13-20(19)25(21)14-16-4-2-1-3-5-16/h1-11,13H,12,14H2. The van der Waals surface area contributed by atoms with Crippen molar-refractivity contribution in [2.75, 3.05) is 0 Å². The number of aromatic nitrogens is 2. The molecule has 0 saturated carbocycles. The fraction of sp³-hybridized carbons (Fsp3) is 0.0952. The van der Waals surface area contributed by atoms with Crippen LogP contribution in [-0.4, -0.2) is 9.55 Å². The van der Waals surface area contributed by atoms with Gasteiger partial charge in [-0.25, -0.2) is 4.98 Å². The number of benzene rings is 3. The summed E-state index contributed by atoms with van der Waals surface area (Å²) < 4.78 is 2.24. The maximum absolute atomic E-state index is 6.22. The van der Waals surface area contributed by atoms with Crippen LogP contribution in [0, 0.1) is 0 Å². The Hall–Kier alpha value is -2.29. The van der Waals surface area contributed by atoms with Crippen LogP contribution in [0.4, 0.5) is 0 Å². The summed E-state index contributed by atoms with van der Waals surface area (Å²) in [6.45, 7) is 0.764. The summed E-state index contributed by atoms with van der Waals surface area (Å²) in [6.07, 6.45) is 0.746. The smallest absolute Gasteiger partial charge is 0.114 e. The topological polar surface area (TPSA) is 17.8 Å². The molecule has 2 nitrogen and oxygen atoms in total. The van der Waals surface area contributed by atoms with Crippen LogP contribution in [0.1, 0.15) is 17.0 Å². The third-order valence-electron chi connectivity index (χ3n) is 4.25. The summed E-state index contributed by atoms with van der Waals surface area (Å²) in [5, 5.41) is 1.47. The largest absolute Gasteiger partial charge is 0.323 e. The molecule has 4 rings (SSSR count). The molecule has 1 heterocycles. The third-order valence-corrected chi connectivity index (χ3v) is 4.74. The number of nitrogens with zero attached hydrogens (tertiary/aromatic N) is 2. The number of hydrogen-bond acceptors (Lipinski definition) is 1. The zero-order chi connectivity index (χ0) is 17.2. The molecular formula is C21H16Cl2N2. The molecule has 0 fully saturated rings. The van der Waals surface area contributed by atoms with Crippen molar-refractivity contribution in [3.05, 3.63) is 99.8 Å². The molecule has 0 spiro atoms. The van der Waals surface area contributed by atoms with Gasteiger partial charge >= 0.3 is 0 Å². The Balaban J connectivity index is 1.79. The van der Waals surface area contributed by atoms with Crippen LogP contribution in [-0.2, 0) is 13.0 Å². The second-order valence-corrected chi connectivity index (χ2v) is 6.91. The van der Waals surface area contributed by atoms with Crippen LogP contribution in [0.25, 0.3) is 11.0 Å². The molecule has 0 atom stereocenters. The first-order valence-corrected chi connectivity index (χ1v) is 8.88. The average Bonchev–Trinajstić information content (AvgIpc) is 2.95. The summed E-state index contributed by atoms with van der Waals surface area (Å²) in [7, 11) is 0. The van der Waals surface area contributed by atoms with E-state index < -0.39 is 0 Å². The fourth-order valence-corrected chi connectivity index (χ4v) is 3.30. The predicted octanol–water partition coefficient (Wildman–Crippen LogP) is 5.98. The molecule has 1 aromatic heterocycles. The molecule has 0 aliphatic heterocycles. The van der Waals surface area contributed by atoms with Gasteiger partial charge in [0.05, 0.1) is 11.0 Å². The molecule has 4 heteroatoms. The zero-order valence-electron chi connectivity index (χ0n) is 13.5. The van der Waals surface area contributed by atoms with Crippen LogP contribution < -0.4 is 0 Å². The predicted molar refractivity (Wildman–Crippen MR) is 105 cm³/mol. The highest BCUT2D eigenvalue weighted by molar-refractivity contribution is 6.31. The second-order valence-electron chi connectivity index (χ2n) is 6.04. The van der Waals surface area contributed by atoms with Gasteiger partial charge in [0.1, 0.15) is 5.82 Å². The molecule has 124 valence electrons. The normalized spacial score (nSPS) is 11.1. The highest BCUT2D eigenvalue weighted by atomic mass is 35.5. The minimum absolute atomic E-state index is 0.722. The van der Waals surface area contributed by atoms with E-state index in [1.165, 1.54) is 11.1 Å². The number of rotatable bonds is 4. The third kappa shape index (κ3) is 3.55. The minimum Gasteiger partial charge on any atom is -0.323 e. The molecule has 0 unspecified atom stereocenters. The van der Waals surface area contributed by atoms with Gasteiger partial charge in [-0.3, -0.25) is 0 Å². The van der Waals surface area contributed by atoms with Crippen LogP contribution in [0.2, 0.25) is 10.0 Å². The Morgan fingerprint density at radius 1 is 0.760 bits per heavy atom. The van der Waals surface area contributed by atoms with Gasteiger partial charge in [0.2, 0.25) is 0 Å². The van der Waals surface area contributed by atoms with Gasteiger partial charge in [-0.1, -0.05) is 65.7 Å². The van der Waals surface area contributed by atoms with Crippen molar-refractivity contribution in [2.45, 2.75) is 13.0 Å². The SMILES string of the molecule is Clc1ccc(Cc2nc3ccc(Cl)cc3n2Cc2ccccc2)cc1. The number of hydrogen-bond donors (Lipinski definition) is 0. The summed E-state index contributed by atoms with van der Waals surface area (Å²) in [6, 6.07) is 24.2. The Kier molecular flexibility index (Phi) is 4.48. The molecular weight excluding hydrogens is 351 g/mol. The fourth-order valence-electron chi connectivity index (χ4n) is 3.01. The van der Waals surface area contributed by atoms with Crippen LogP contribution in [0.5, 0.6) is 0 Å². The Morgan fingerprint density at radius 2 is 1.48 bits per heavy atom. The van der Waals surface area contributed by atoms with Gasteiger partial charge in [-0.2, -0.15) is 0 Å². The lowest BCUT2D eigenvalue weighted by molar-refractivity contribution is 0.762. The lowest BCUT2D eigenvalue weighted by atomic mass is 10.1. The van der Waals surface area contributed by atoms with Gasteiger partial charge in [0, 0.05) is 23.0 Å². The Labute approximate surface area is 156 Å². The molecule has 0 N–H and O–H groups in total. The molecule has 0 aliphatic rings. The van der Waals surface area contributed by atoms with Gasteiger partial charge in [-0.05, 0) is 41.5 Å². The maximum Gasteiger partial charge on any atom is 0.114 e. The van der Waals surface area contributed by atoms with Crippen LogP contribution in [0.3, 0.4) is 0 Å². The average molecular weight is 367 g/mol. The van der Waals surface area contributed by atoms with E-state index in [-0.39, 0.29) is 0 Å². The van der Waals surface area contributed by atoms with Crippen molar-refractivity contribution in [3.8, 4) is 0 Å². The van der Waals surface area contributed by atoms with Gasteiger partial charge in [-0.15, -0.1) is 0 Å². The van der Waals surface area contributed by atoms with E-state index in [4.69, 9.17) is 28.2 Å². The summed E-state index contributed by atoms with van der Waals surface area (Å²) in [5.41, 5.74) is 4.43. The van der Waals surface area contributed by atoms with Gasteiger partial charge < -0.3 is 4.57 Å². The molecule has 3 aromatic carbocycles. The first-order chi connectivity index (χ1) is 12.2. The van der Waals surface area contributed by atoms with E-state index in [2.05, 4.69) is 28.8 Å². The lowest BCUT2D eigenvalue weighted by Gasteiger charge is -2.10. The quantitative estimate of drug-likeness (QED) is 0.434. The molecule has 0 amide bonds.